The molecule has 1 N–H and O–H groups in total. The molecule has 1 amide bonds. The number of benzene rings is 1. The van der Waals surface area contributed by atoms with Crippen molar-refractivity contribution >= 4 is 22.9 Å². The van der Waals surface area contributed by atoms with E-state index in [2.05, 4.69) is 29.4 Å². The van der Waals surface area contributed by atoms with Crippen molar-refractivity contribution in [2.45, 2.75) is 32.6 Å². The van der Waals surface area contributed by atoms with E-state index in [-0.39, 0.29) is 5.91 Å². The first kappa shape index (κ1) is 16.4. The summed E-state index contributed by atoms with van der Waals surface area (Å²) in [5.41, 5.74) is 2.05. The number of rotatable bonds is 6. The highest BCUT2D eigenvalue weighted by Gasteiger charge is 2.11. The van der Waals surface area contributed by atoms with Crippen molar-refractivity contribution in [2.75, 3.05) is 5.32 Å². The Morgan fingerprint density at radius 2 is 2.00 bits per heavy atom. The minimum absolute atomic E-state index is 0.0665. The largest absolute Gasteiger partial charge is 0.420 e. The van der Waals surface area contributed by atoms with Crippen LogP contribution in [0.5, 0.6) is 0 Å². The quantitative estimate of drug-likeness (QED) is 0.717. The number of hydrogen-bond acceptors (Lipinski definition) is 5. The molecule has 3 aromatic rings. The smallest absolute Gasteiger partial charge is 0.257 e. The normalized spacial score (nSPS) is 11.0. The lowest BCUT2D eigenvalue weighted by Gasteiger charge is -2.08. The minimum Gasteiger partial charge on any atom is -0.420 e. The Balaban J connectivity index is 1.52. The van der Waals surface area contributed by atoms with Crippen LogP contribution in [0.4, 0.5) is 5.69 Å². The lowest BCUT2D eigenvalue weighted by atomic mass is 10.0. The number of aromatic nitrogens is 2. The maximum Gasteiger partial charge on any atom is 0.257 e. The Morgan fingerprint density at radius 1 is 1.21 bits per heavy atom. The highest BCUT2D eigenvalue weighted by atomic mass is 32.1. The van der Waals surface area contributed by atoms with Gasteiger partial charge in [-0.15, -0.1) is 21.5 Å². The van der Waals surface area contributed by atoms with Gasteiger partial charge in [0.1, 0.15) is 0 Å². The summed E-state index contributed by atoms with van der Waals surface area (Å²) in [6, 6.07) is 11.8. The molecule has 2 heterocycles. The van der Waals surface area contributed by atoms with Crippen molar-refractivity contribution in [2.24, 2.45) is 0 Å². The third-order valence-corrected chi connectivity index (χ3v) is 4.48. The lowest BCUT2D eigenvalue weighted by Crippen LogP contribution is -2.12. The number of anilines is 1. The molecule has 0 atom stereocenters. The van der Waals surface area contributed by atoms with E-state index in [1.54, 1.807) is 11.3 Å². The van der Waals surface area contributed by atoms with Crippen LogP contribution in [0.25, 0.3) is 10.8 Å². The maximum atomic E-state index is 12.0. The van der Waals surface area contributed by atoms with Crippen molar-refractivity contribution in [3.05, 3.63) is 53.2 Å². The van der Waals surface area contributed by atoms with Crippen LogP contribution in [0.2, 0.25) is 0 Å². The van der Waals surface area contributed by atoms with E-state index in [9.17, 15) is 4.79 Å². The lowest BCUT2D eigenvalue weighted by molar-refractivity contribution is -0.116. The third-order valence-electron chi connectivity index (χ3n) is 3.63. The second-order valence-electron chi connectivity index (χ2n) is 5.80. The van der Waals surface area contributed by atoms with Crippen LogP contribution in [0.1, 0.15) is 37.6 Å². The molecular weight excluding hydrogens is 322 g/mol. The van der Waals surface area contributed by atoms with E-state index in [0.717, 1.165) is 10.6 Å². The second kappa shape index (κ2) is 7.40. The number of amides is 1. The van der Waals surface area contributed by atoms with Crippen molar-refractivity contribution in [3.8, 4) is 10.8 Å². The van der Waals surface area contributed by atoms with E-state index < -0.39 is 0 Å². The Kier molecular flexibility index (Phi) is 5.05. The predicted octanol–water partition coefficient (Wildman–Crippen LogP) is 4.49. The summed E-state index contributed by atoms with van der Waals surface area (Å²) in [5.74, 6) is 1.39. The average Bonchev–Trinajstić information content (AvgIpc) is 3.25. The fourth-order valence-corrected chi connectivity index (χ4v) is 2.89. The summed E-state index contributed by atoms with van der Waals surface area (Å²) < 4.78 is 5.58. The fourth-order valence-electron chi connectivity index (χ4n) is 2.25. The number of thiophene rings is 1. The van der Waals surface area contributed by atoms with Crippen LogP contribution < -0.4 is 5.32 Å². The number of aryl methyl sites for hydroxylation is 1. The summed E-state index contributed by atoms with van der Waals surface area (Å²) in [6.45, 7) is 4.28. The van der Waals surface area contributed by atoms with Crippen LogP contribution in [0.3, 0.4) is 0 Å². The molecule has 0 saturated carbocycles. The highest BCUT2D eigenvalue weighted by Crippen LogP contribution is 2.23. The molecule has 0 aliphatic carbocycles. The van der Waals surface area contributed by atoms with Gasteiger partial charge >= 0.3 is 0 Å². The van der Waals surface area contributed by atoms with Gasteiger partial charge in [-0.1, -0.05) is 32.0 Å². The SMILES string of the molecule is CC(C)c1ccc(NC(=O)CCc2nnc(-c3cccs3)o2)cc1. The number of nitrogens with zero attached hydrogens (tertiary/aromatic N) is 2. The average molecular weight is 341 g/mol. The Morgan fingerprint density at radius 3 is 2.67 bits per heavy atom. The molecule has 6 heteroatoms. The summed E-state index contributed by atoms with van der Waals surface area (Å²) >= 11 is 1.54. The van der Waals surface area contributed by atoms with Gasteiger partial charge in [-0.25, -0.2) is 0 Å². The van der Waals surface area contributed by atoms with Gasteiger partial charge in [-0.05, 0) is 35.1 Å². The molecule has 0 spiro atoms. The molecule has 124 valence electrons. The standard InChI is InChI=1S/C18H19N3O2S/c1-12(2)13-5-7-14(8-6-13)19-16(22)9-10-17-20-21-18(23-17)15-4-3-11-24-15/h3-8,11-12H,9-10H2,1-2H3,(H,19,22). The maximum absolute atomic E-state index is 12.0. The summed E-state index contributed by atoms with van der Waals surface area (Å²) in [6.07, 6.45) is 0.728. The number of hydrogen-bond donors (Lipinski definition) is 1. The highest BCUT2D eigenvalue weighted by molar-refractivity contribution is 7.13. The summed E-state index contributed by atoms with van der Waals surface area (Å²) in [4.78, 5) is 13.0. The van der Waals surface area contributed by atoms with Crippen LogP contribution in [0, 0.1) is 0 Å². The van der Waals surface area contributed by atoms with E-state index >= 15 is 0 Å². The Labute approximate surface area is 144 Å². The van der Waals surface area contributed by atoms with Crippen LogP contribution >= 0.6 is 11.3 Å². The molecule has 0 fully saturated rings. The molecule has 3 rings (SSSR count). The van der Waals surface area contributed by atoms with Crippen molar-refractivity contribution in [1.82, 2.24) is 10.2 Å². The first-order valence-electron chi connectivity index (χ1n) is 7.88. The molecule has 2 aromatic heterocycles. The van der Waals surface area contributed by atoms with Gasteiger partial charge in [-0.3, -0.25) is 4.79 Å². The third kappa shape index (κ3) is 4.08. The van der Waals surface area contributed by atoms with Crippen molar-refractivity contribution in [1.29, 1.82) is 0 Å². The van der Waals surface area contributed by atoms with E-state index in [0.29, 0.717) is 30.5 Å². The molecule has 24 heavy (non-hydrogen) atoms. The fraction of sp³-hybridized carbons (Fsp3) is 0.278. The van der Waals surface area contributed by atoms with Gasteiger partial charge in [0.25, 0.3) is 5.89 Å². The van der Waals surface area contributed by atoms with Crippen molar-refractivity contribution < 1.29 is 9.21 Å². The topological polar surface area (TPSA) is 68.0 Å². The molecule has 0 unspecified atom stereocenters. The molecule has 5 nitrogen and oxygen atoms in total. The molecule has 0 aliphatic rings. The number of nitrogens with one attached hydrogen (secondary N) is 1. The van der Waals surface area contributed by atoms with Gasteiger partial charge in [0.15, 0.2) is 0 Å². The zero-order valence-electron chi connectivity index (χ0n) is 13.7. The van der Waals surface area contributed by atoms with Gasteiger partial charge in [-0.2, -0.15) is 0 Å². The van der Waals surface area contributed by atoms with Crippen LogP contribution in [-0.4, -0.2) is 16.1 Å². The minimum atomic E-state index is -0.0665. The summed E-state index contributed by atoms with van der Waals surface area (Å²) in [7, 11) is 0. The van der Waals surface area contributed by atoms with E-state index in [4.69, 9.17) is 4.42 Å². The van der Waals surface area contributed by atoms with Crippen LogP contribution in [-0.2, 0) is 11.2 Å². The molecule has 0 radical (unpaired) electrons. The number of carbonyl (C=O) groups excluding carboxylic acids is 1. The second-order valence-corrected chi connectivity index (χ2v) is 6.75. The monoisotopic (exact) mass is 341 g/mol. The van der Waals surface area contributed by atoms with E-state index in [1.807, 2.05) is 41.8 Å². The zero-order chi connectivity index (χ0) is 16.9. The van der Waals surface area contributed by atoms with E-state index in [1.165, 1.54) is 5.56 Å². The molecule has 0 aliphatic heterocycles. The molecule has 0 saturated heterocycles. The van der Waals surface area contributed by atoms with Gasteiger partial charge in [0, 0.05) is 18.5 Å². The van der Waals surface area contributed by atoms with Gasteiger partial charge in [0.2, 0.25) is 11.8 Å². The zero-order valence-corrected chi connectivity index (χ0v) is 14.5. The van der Waals surface area contributed by atoms with Gasteiger partial charge < -0.3 is 9.73 Å². The van der Waals surface area contributed by atoms with Crippen LogP contribution in [0.15, 0.2) is 46.2 Å². The predicted molar refractivity (Wildman–Crippen MR) is 95.1 cm³/mol. The Hall–Kier alpha value is -2.47. The molecule has 1 aromatic carbocycles. The van der Waals surface area contributed by atoms with Gasteiger partial charge in [0.05, 0.1) is 4.88 Å². The molecular formula is C18H19N3O2S. The summed E-state index contributed by atoms with van der Waals surface area (Å²) in [5, 5.41) is 12.8. The Bertz CT molecular complexity index is 792. The molecule has 0 bridgehead atoms. The first-order valence-corrected chi connectivity index (χ1v) is 8.76. The first-order chi connectivity index (χ1) is 11.6. The van der Waals surface area contributed by atoms with Crippen molar-refractivity contribution in [3.63, 3.8) is 0 Å². The number of carbonyl (C=O) groups is 1.